The van der Waals surface area contributed by atoms with E-state index in [0.29, 0.717) is 24.3 Å². The highest BCUT2D eigenvalue weighted by Crippen LogP contribution is 2.25. The van der Waals surface area contributed by atoms with E-state index in [1.165, 1.54) is 4.31 Å². The third kappa shape index (κ3) is 3.42. The Labute approximate surface area is 158 Å². The highest BCUT2D eigenvalue weighted by atomic mass is 32.2. The molecule has 6 nitrogen and oxygen atoms in total. The Morgan fingerprint density at radius 1 is 1.11 bits per heavy atom. The first-order chi connectivity index (χ1) is 12.9. The number of para-hydroxylation sites is 1. The molecule has 1 N–H and O–H groups in total. The molecule has 3 aromatic rings. The number of nitrogens with one attached hydrogen (secondary N) is 1. The van der Waals surface area contributed by atoms with Crippen LogP contribution in [0.4, 0.5) is 11.4 Å². The first-order valence-electron chi connectivity index (χ1n) is 8.89. The van der Waals surface area contributed by atoms with Crippen molar-refractivity contribution in [1.29, 1.82) is 0 Å². The number of anilines is 2. The van der Waals surface area contributed by atoms with Crippen LogP contribution in [0.5, 0.6) is 0 Å². The van der Waals surface area contributed by atoms with Crippen LogP contribution in [-0.2, 0) is 21.4 Å². The first kappa shape index (κ1) is 17.6. The van der Waals surface area contributed by atoms with E-state index in [9.17, 15) is 13.2 Å². The van der Waals surface area contributed by atoms with Gasteiger partial charge in [0.15, 0.2) is 0 Å². The number of hydrogen-bond donors (Lipinski definition) is 1. The smallest absolute Gasteiger partial charge is 0.244 e. The van der Waals surface area contributed by atoms with Crippen molar-refractivity contribution in [3.05, 3.63) is 60.3 Å². The molecule has 0 radical (unpaired) electrons. The fourth-order valence-corrected chi connectivity index (χ4v) is 5.11. The van der Waals surface area contributed by atoms with E-state index in [4.69, 9.17) is 0 Å². The molecule has 1 aromatic heterocycles. The Morgan fingerprint density at radius 2 is 1.85 bits per heavy atom. The predicted molar refractivity (Wildman–Crippen MR) is 107 cm³/mol. The van der Waals surface area contributed by atoms with Gasteiger partial charge in [-0.15, -0.1) is 0 Å². The van der Waals surface area contributed by atoms with Gasteiger partial charge < -0.3 is 9.88 Å². The molecule has 27 heavy (non-hydrogen) atoms. The van der Waals surface area contributed by atoms with Crippen molar-refractivity contribution in [3.63, 3.8) is 0 Å². The number of carbonyl (C=O) groups excluding carboxylic acids is 1. The second kappa shape index (κ2) is 6.74. The van der Waals surface area contributed by atoms with E-state index in [2.05, 4.69) is 11.4 Å². The van der Waals surface area contributed by atoms with Crippen LogP contribution in [0.15, 0.2) is 54.6 Å². The molecular formula is C20H21N3O3S. The number of aromatic nitrogens is 1. The van der Waals surface area contributed by atoms with Crippen molar-refractivity contribution in [2.24, 2.45) is 0 Å². The minimum atomic E-state index is -3.19. The summed E-state index contributed by atoms with van der Waals surface area (Å²) < 4.78 is 27.4. The molecule has 0 saturated carbocycles. The van der Waals surface area contributed by atoms with E-state index in [1.807, 2.05) is 35.8 Å². The fraction of sp³-hybridized carbons (Fsp3) is 0.250. The molecule has 1 aliphatic rings. The van der Waals surface area contributed by atoms with Gasteiger partial charge in [0.05, 0.1) is 11.4 Å². The van der Waals surface area contributed by atoms with E-state index >= 15 is 0 Å². The van der Waals surface area contributed by atoms with Crippen LogP contribution >= 0.6 is 0 Å². The lowest BCUT2D eigenvalue weighted by Crippen LogP contribution is -2.25. The molecule has 140 valence electrons. The predicted octanol–water partition coefficient (Wildman–Crippen LogP) is 3.13. The van der Waals surface area contributed by atoms with Crippen LogP contribution in [-0.4, -0.2) is 31.2 Å². The van der Waals surface area contributed by atoms with Gasteiger partial charge in [0.25, 0.3) is 0 Å². The number of hydrogen-bond acceptors (Lipinski definition) is 3. The van der Waals surface area contributed by atoms with Crippen molar-refractivity contribution in [3.8, 4) is 0 Å². The Balaban J connectivity index is 1.47. The monoisotopic (exact) mass is 383 g/mol. The minimum Gasteiger partial charge on any atom is -0.335 e. The summed E-state index contributed by atoms with van der Waals surface area (Å²) in [7, 11) is -3.19. The molecule has 2 heterocycles. The van der Waals surface area contributed by atoms with Crippen LogP contribution in [0.25, 0.3) is 10.9 Å². The van der Waals surface area contributed by atoms with Gasteiger partial charge in [-0.2, -0.15) is 0 Å². The van der Waals surface area contributed by atoms with Crippen LogP contribution in [0, 0.1) is 6.92 Å². The Hall–Kier alpha value is -2.80. The van der Waals surface area contributed by atoms with Gasteiger partial charge in [-0.1, -0.05) is 18.2 Å². The van der Waals surface area contributed by atoms with E-state index < -0.39 is 10.0 Å². The molecular weight excluding hydrogens is 362 g/mol. The van der Waals surface area contributed by atoms with Crippen molar-refractivity contribution in [2.45, 2.75) is 19.9 Å². The van der Waals surface area contributed by atoms with Gasteiger partial charge in [-0.3, -0.25) is 9.10 Å². The van der Waals surface area contributed by atoms with E-state index in [-0.39, 0.29) is 18.2 Å². The number of aryl methyl sites for hydroxylation is 1. The van der Waals surface area contributed by atoms with Gasteiger partial charge in [-0.05, 0) is 55.1 Å². The molecule has 0 aliphatic carbocycles. The standard InChI is InChI=1S/C20H21N3O3S/c1-15-13-16-5-2-3-6-19(16)22(15)14-20(24)21-17-7-9-18(10-8-17)23-11-4-12-27(23,25)26/h2-3,5-10,13H,4,11-12,14H2,1H3,(H,21,24). The lowest BCUT2D eigenvalue weighted by Gasteiger charge is -2.17. The van der Waals surface area contributed by atoms with Crippen molar-refractivity contribution >= 4 is 38.2 Å². The summed E-state index contributed by atoms with van der Waals surface area (Å²) in [5, 5.41) is 3.99. The van der Waals surface area contributed by atoms with Gasteiger partial charge in [0.1, 0.15) is 6.54 Å². The van der Waals surface area contributed by atoms with Crippen molar-refractivity contribution < 1.29 is 13.2 Å². The number of benzene rings is 2. The average molecular weight is 383 g/mol. The second-order valence-corrected chi connectivity index (χ2v) is 8.78. The number of amides is 1. The molecule has 0 atom stereocenters. The molecule has 2 aromatic carbocycles. The summed E-state index contributed by atoms with van der Waals surface area (Å²) in [5.41, 5.74) is 3.34. The fourth-order valence-electron chi connectivity index (χ4n) is 3.54. The maximum atomic E-state index is 12.5. The van der Waals surface area contributed by atoms with Crippen LogP contribution in [0.3, 0.4) is 0 Å². The Bertz CT molecular complexity index is 1100. The minimum absolute atomic E-state index is 0.124. The molecule has 1 saturated heterocycles. The Morgan fingerprint density at radius 3 is 2.56 bits per heavy atom. The third-order valence-electron chi connectivity index (χ3n) is 4.86. The lowest BCUT2D eigenvalue weighted by molar-refractivity contribution is -0.116. The number of fused-ring (bicyclic) bond motifs is 1. The summed E-state index contributed by atoms with van der Waals surface area (Å²) in [6.45, 7) is 2.72. The third-order valence-corrected chi connectivity index (χ3v) is 6.73. The normalized spacial score (nSPS) is 16.0. The largest absolute Gasteiger partial charge is 0.335 e. The van der Waals surface area contributed by atoms with Gasteiger partial charge in [0.2, 0.25) is 15.9 Å². The van der Waals surface area contributed by atoms with Crippen LogP contribution < -0.4 is 9.62 Å². The number of carbonyl (C=O) groups is 1. The van der Waals surface area contributed by atoms with E-state index in [0.717, 1.165) is 16.6 Å². The maximum Gasteiger partial charge on any atom is 0.244 e. The summed E-state index contributed by atoms with van der Waals surface area (Å²) in [6, 6.07) is 17.0. The average Bonchev–Trinajstić information content (AvgIpc) is 3.15. The molecule has 1 aliphatic heterocycles. The first-order valence-corrected chi connectivity index (χ1v) is 10.5. The highest BCUT2D eigenvalue weighted by molar-refractivity contribution is 7.93. The quantitative estimate of drug-likeness (QED) is 0.752. The summed E-state index contributed by atoms with van der Waals surface area (Å²) in [6.07, 6.45) is 0.644. The molecule has 7 heteroatoms. The van der Waals surface area contributed by atoms with Crippen molar-refractivity contribution in [2.75, 3.05) is 21.9 Å². The molecule has 1 amide bonds. The van der Waals surface area contributed by atoms with E-state index in [1.54, 1.807) is 24.3 Å². The zero-order valence-electron chi connectivity index (χ0n) is 15.1. The zero-order valence-corrected chi connectivity index (χ0v) is 15.9. The summed E-state index contributed by atoms with van der Waals surface area (Å²) in [4.78, 5) is 12.5. The number of nitrogens with zero attached hydrogens (tertiary/aromatic N) is 2. The van der Waals surface area contributed by atoms with Gasteiger partial charge in [0, 0.05) is 23.4 Å². The number of rotatable bonds is 4. The molecule has 4 rings (SSSR count). The van der Waals surface area contributed by atoms with Crippen molar-refractivity contribution in [1.82, 2.24) is 4.57 Å². The van der Waals surface area contributed by atoms with Crippen LogP contribution in [0.2, 0.25) is 0 Å². The molecule has 0 bridgehead atoms. The maximum absolute atomic E-state index is 12.5. The van der Waals surface area contributed by atoms with Crippen LogP contribution in [0.1, 0.15) is 12.1 Å². The second-order valence-electron chi connectivity index (χ2n) is 6.77. The van der Waals surface area contributed by atoms with Gasteiger partial charge >= 0.3 is 0 Å². The topological polar surface area (TPSA) is 71.4 Å². The summed E-state index contributed by atoms with van der Waals surface area (Å²) in [5.74, 6) is 0.0661. The SMILES string of the molecule is Cc1cc2ccccc2n1CC(=O)Nc1ccc(N2CCCS2(=O)=O)cc1. The summed E-state index contributed by atoms with van der Waals surface area (Å²) >= 11 is 0. The lowest BCUT2D eigenvalue weighted by atomic mass is 10.2. The number of sulfonamides is 1. The highest BCUT2D eigenvalue weighted by Gasteiger charge is 2.28. The Kier molecular flexibility index (Phi) is 4.39. The molecule has 0 unspecified atom stereocenters. The zero-order chi connectivity index (χ0) is 19.0. The molecule has 0 spiro atoms. The molecule has 1 fully saturated rings. The van der Waals surface area contributed by atoms with Gasteiger partial charge in [-0.25, -0.2) is 8.42 Å².